The van der Waals surface area contributed by atoms with Gasteiger partial charge in [-0.3, -0.25) is 9.36 Å². The largest absolute Gasteiger partial charge is 0.462 e. The van der Waals surface area contributed by atoms with Gasteiger partial charge in [0.1, 0.15) is 23.3 Å². The van der Waals surface area contributed by atoms with E-state index in [2.05, 4.69) is 4.98 Å². The van der Waals surface area contributed by atoms with Crippen molar-refractivity contribution in [3.8, 4) is 28.7 Å². The molecule has 0 amide bonds. The number of aryl methyl sites for hydroxylation is 1. The molecule has 3 heterocycles. The number of halogens is 4. The number of hydrogen-bond acceptors (Lipinski definition) is 6. The van der Waals surface area contributed by atoms with E-state index >= 15 is 0 Å². The van der Waals surface area contributed by atoms with Crippen molar-refractivity contribution in [2.24, 2.45) is 0 Å². The van der Waals surface area contributed by atoms with Gasteiger partial charge in [0, 0.05) is 47.2 Å². The van der Waals surface area contributed by atoms with Crippen molar-refractivity contribution in [1.82, 2.24) is 9.55 Å². The number of nitriles is 1. The van der Waals surface area contributed by atoms with E-state index in [1.807, 2.05) is 0 Å². The van der Waals surface area contributed by atoms with Crippen molar-refractivity contribution < 1.29 is 30.4 Å². The molecule has 0 saturated carbocycles. The van der Waals surface area contributed by atoms with E-state index in [1.54, 1.807) is 13.0 Å². The first-order chi connectivity index (χ1) is 18.3. The van der Waals surface area contributed by atoms with Gasteiger partial charge in [0.2, 0.25) is 0 Å². The highest BCUT2D eigenvalue weighted by atomic mass is 32.2. The molecule has 4 aromatic rings. The first-order valence-electron chi connectivity index (χ1n) is 11.5. The zero-order chi connectivity index (χ0) is 28.7. The van der Waals surface area contributed by atoms with Crippen LogP contribution in [0.4, 0.5) is 17.6 Å². The maximum Gasteiger partial charge on any atom is 0.274 e. The molecule has 12 heteroatoms. The van der Waals surface area contributed by atoms with E-state index in [4.69, 9.17) is 4.42 Å². The van der Waals surface area contributed by atoms with Crippen molar-refractivity contribution in [1.29, 1.82) is 5.26 Å². The maximum atomic E-state index is 14.8. The minimum atomic E-state index is -3.57. The Balaban J connectivity index is 1.93. The molecule has 0 unspecified atom stereocenters. The highest BCUT2D eigenvalue weighted by Crippen LogP contribution is 2.36. The van der Waals surface area contributed by atoms with Crippen LogP contribution in [0.1, 0.15) is 35.6 Å². The molecule has 4 rings (SSSR count). The average molecular weight is 560 g/mol. The smallest absolute Gasteiger partial charge is 0.274 e. The molecule has 3 aromatic heterocycles. The molecule has 0 saturated heterocycles. The molecule has 0 atom stereocenters. The molecule has 0 aliphatic heterocycles. The molecule has 1 aromatic carbocycles. The van der Waals surface area contributed by atoms with E-state index in [-0.39, 0.29) is 22.0 Å². The number of hydrogen-bond donors (Lipinski definition) is 0. The van der Waals surface area contributed by atoms with Crippen LogP contribution in [0, 0.1) is 29.9 Å². The lowest BCUT2D eigenvalue weighted by Gasteiger charge is -2.20. The second kappa shape index (κ2) is 10.1. The standard InChI is InChI=1S/C27H21F4N3O4S/c1-4-27(30,31)21-10-23(34(26(35)20(21)11-32)13-16-5-6-19(28)9-22(16)29)24-8-18(14-38-24)17-7-15(2)25(33-12-17)39(3,36)37/h5-10,12,14H,4,13H2,1-3H3. The minimum Gasteiger partial charge on any atom is -0.462 e. The van der Waals surface area contributed by atoms with E-state index in [1.165, 1.54) is 31.5 Å². The number of nitrogens with zero attached hydrogens (tertiary/aromatic N) is 3. The zero-order valence-electron chi connectivity index (χ0n) is 20.9. The fourth-order valence-corrected chi connectivity index (χ4v) is 5.03. The summed E-state index contributed by atoms with van der Waals surface area (Å²) >= 11 is 0. The number of sulfone groups is 1. The molecule has 0 N–H and O–H groups in total. The third-order valence-corrected chi connectivity index (χ3v) is 7.29. The van der Waals surface area contributed by atoms with Crippen molar-refractivity contribution in [2.75, 3.05) is 6.26 Å². The van der Waals surface area contributed by atoms with Crippen LogP contribution in [0.5, 0.6) is 0 Å². The SMILES string of the molecule is CCC(F)(F)c1cc(-c2cc(-c3cnc(S(C)(=O)=O)c(C)c3)co2)n(Cc2ccc(F)cc2F)c(=O)c1C#N. The Morgan fingerprint density at radius 1 is 1.13 bits per heavy atom. The number of rotatable bonds is 7. The summed E-state index contributed by atoms with van der Waals surface area (Å²) in [5.74, 6) is -5.41. The third-order valence-electron chi connectivity index (χ3n) is 6.16. The summed E-state index contributed by atoms with van der Waals surface area (Å²) in [5, 5.41) is 9.46. The lowest BCUT2D eigenvalue weighted by atomic mass is 9.99. The molecule has 0 aliphatic rings. The van der Waals surface area contributed by atoms with Gasteiger partial charge in [-0.15, -0.1) is 0 Å². The maximum absolute atomic E-state index is 14.8. The minimum absolute atomic E-state index is 0.0629. The van der Waals surface area contributed by atoms with Crippen LogP contribution < -0.4 is 5.56 Å². The molecule has 0 radical (unpaired) electrons. The summed E-state index contributed by atoms with van der Waals surface area (Å²) in [4.78, 5) is 17.3. The predicted octanol–water partition coefficient (Wildman–Crippen LogP) is 5.58. The normalized spacial score (nSPS) is 11.9. The topological polar surface area (TPSA) is 106 Å². The second-order valence-electron chi connectivity index (χ2n) is 8.93. The van der Waals surface area contributed by atoms with Crippen LogP contribution in [0.2, 0.25) is 0 Å². The highest BCUT2D eigenvalue weighted by molar-refractivity contribution is 7.90. The Hall–Kier alpha value is -4.24. The molecule has 0 bridgehead atoms. The van der Waals surface area contributed by atoms with Crippen LogP contribution in [-0.4, -0.2) is 24.2 Å². The van der Waals surface area contributed by atoms with Crippen LogP contribution in [0.15, 0.2) is 63.1 Å². The highest BCUT2D eigenvalue weighted by Gasteiger charge is 2.35. The Bertz CT molecular complexity index is 1800. The van der Waals surface area contributed by atoms with Crippen LogP contribution >= 0.6 is 0 Å². The monoisotopic (exact) mass is 559 g/mol. The predicted molar refractivity (Wildman–Crippen MR) is 134 cm³/mol. The Morgan fingerprint density at radius 3 is 2.44 bits per heavy atom. The number of alkyl halides is 2. The summed E-state index contributed by atoms with van der Waals surface area (Å²) in [5.41, 5.74) is -1.81. The fourth-order valence-electron chi connectivity index (χ4n) is 4.14. The van der Waals surface area contributed by atoms with Gasteiger partial charge in [-0.1, -0.05) is 13.0 Å². The fraction of sp³-hybridized carbons (Fsp3) is 0.222. The lowest BCUT2D eigenvalue weighted by molar-refractivity contribution is -0.00877. The van der Waals surface area contributed by atoms with Gasteiger partial charge in [-0.2, -0.15) is 5.26 Å². The molecule has 0 aliphatic carbocycles. The number of benzene rings is 1. The molecular weight excluding hydrogens is 538 g/mol. The van der Waals surface area contributed by atoms with Crippen LogP contribution in [-0.2, 0) is 22.3 Å². The molecule has 39 heavy (non-hydrogen) atoms. The summed E-state index contributed by atoms with van der Waals surface area (Å²) in [6, 6.07) is 8.15. The Kier molecular flexibility index (Phi) is 7.23. The average Bonchev–Trinajstić information content (AvgIpc) is 3.35. The van der Waals surface area contributed by atoms with E-state index in [0.717, 1.165) is 29.0 Å². The van der Waals surface area contributed by atoms with Gasteiger partial charge in [-0.05, 0) is 36.8 Å². The summed E-state index contributed by atoms with van der Waals surface area (Å²) < 4.78 is 87.9. The first-order valence-corrected chi connectivity index (χ1v) is 13.4. The van der Waals surface area contributed by atoms with E-state index in [9.17, 15) is 36.0 Å². The van der Waals surface area contributed by atoms with Crippen molar-refractivity contribution in [2.45, 2.75) is 37.8 Å². The van der Waals surface area contributed by atoms with Gasteiger partial charge >= 0.3 is 0 Å². The quantitative estimate of drug-likeness (QED) is 0.274. The zero-order valence-corrected chi connectivity index (χ0v) is 21.7. The third kappa shape index (κ3) is 5.35. The second-order valence-corrected chi connectivity index (χ2v) is 10.9. The first kappa shape index (κ1) is 27.8. The van der Waals surface area contributed by atoms with E-state index in [0.29, 0.717) is 22.8 Å². The van der Waals surface area contributed by atoms with Crippen LogP contribution in [0.3, 0.4) is 0 Å². The van der Waals surface area contributed by atoms with Gasteiger partial charge in [0.05, 0.1) is 18.5 Å². The molecule has 0 spiro atoms. The van der Waals surface area contributed by atoms with Crippen LogP contribution in [0.25, 0.3) is 22.6 Å². The van der Waals surface area contributed by atoms with Crippen molar-refractivity contribution in [3.63, 3.8) is 0 Å². The summed E-state index contributed by atoms with van der Waals surface area (Å²) in [7, 11) is -3.57. The number of pyridine rings is 2. The van der Waals surface area contributed by atoms with Gasteiger partial charge in [0.25, 0.3) is 11.5 Å². The van der Waals surface area contributed by atoms with Gasteiger partial charge in [0.15, 0.2) is 20.6 Å². The van der Waals surface area contributed by atoms with Gasteiger partial charge < -0.3 is 4.42 Å². The molecule has 202 valence electrons. The molecular formula is C27H21F4N3O4S. The molecule has 0 fully saturated rings. The van der Waals surface area contributed by atoms with Gasteiger partial charge in [-0.25, -0.2) is 31.0 Å². The molecule has 7 nitrogen and oxygen atoms in total. The number of aromatic nitrogens is 2. The summed E-state index contributed by atoms with van der Waals surface area (Å²) in [6.45, 7) is 2.25. The van der Waals surface area contributed by atoms with Crippen molar-refractivity contribution in [3.05, 3.63) is 93.1 Å². The lowest BCUT2D eigenvalue weighted by Crippen LogP contribution is -2.29. The summed E-state index contributed by atoms with van der Waals surface area (Å²) in [6.07, 6.45) is 2.89. The van der Waals surface area contributed by atoms with E-state index < -0.39 is 57.0 Å². The van der Waals surface area contributed by atoms with Crippen molar-refractivity contribution >= 4 is 9.84 Å². The Labute approximate surface area is 220 Å². The number of furan rings is 1. The Morgan fingerprint density at radius 2 is 1.85 bits per heavy atom.